The second-order valence-corrected chi connectivity index (χ2v) is 7.32. The van der Waals surface area contributed by atoms with Gasteiger partial charge in [-0.25, -0.2) is 4.68 Å². The smallest absolute Gasteiger partial charge is 0.387 e. The highest BCUT2D eigenvalue weighted by Crippen LogP contribution is 2.51. The number of halogens is 3. The Labute approximate surface area is 153 Å². The summed E-state index contributed by atoms with van der Waals surface area (Å²) in [5, 5.41) is 17.4. The third kappa shape index (κ3) is 3.09. The van der Waals surface area contributed by atoms with Gasteiger partial charge in [0.15, 0.2) is 0 Å². The molecule has 1 aromatic heterocycles. The maximum absolute atomic E-state index is 13.0. The molecular formula is C18H19F3N4O2. The third-order valence-corrected chi connectivity index (χ3v) is 5.38. The van der Waals surface area contributed by atoms with Crippen molar-refractivity contribution in [1.82, 2.24) is 19.9 Å². The van der Waals surface area contributed by atoms with Crippen molar-refractivity contribution < 1.29 is 23.1 Å². The predicted octanol–water partition coefficient (Wildman–Crippen LogP) is 2.47. The standard InChI is InChI=1S/C18H19F3N4O2/c1-11(26)15-10-25(23-22-15)14-8-24(9-14)16(27)17(5-6-17)12-3-2-4-13(7-12)18(19,20)21/h2-4,7,10-11,14,26H,5-6,8-9H2,1H3. The van der Waals surface area contributed by atoms with Crippen molar-refractivity contribution in [2.75, 3.05) is 13.1 Å². The normalized spacial score (nSPS) is 20.3. The maximum atomic E-state index is 13.0. The summed E-state index contributed by atoms with van der Waals surface area (Å²) < 4.78 is 40.6. The number of benzene rings is 1. The zero-order valence-electron chi connectivity index (χ0n) is 14.6. The number of carbonyl (C=O) groups excluding carboxylic acids is 1. The highest BCUT2D eigenvalue weighted by atomic mass is 19.4. The summed E-state index contributed by atoms with van der Waals surface area (Å²) in [6.45, 7) is 2.46. The van der Waals surface area contributed by atoms with E-state index in [1.54, 1.807) is 28.8 Å². The lowest BCUT2D eigenvalue weighted by Gasteiger charge is -2.41. The highest BCUT2D eigenvalue weighted by Gasteiger charge is 2.55. The monoisotopic (exact) mass is 380 g/mol. The van der Waals surface area contributed by atoms with Crippen LogP contribution < -0.4 is 0 Å². The number of aliphatic hydroxyl groups excluding tert-OH is 1. The van der Waals surface area contributed by atoms with E-state index in [9.17, 15) is 23.1 Å². The number of hydrogen-bond acceptors (Lipinski definition) is 4. The molecule has 144 valence electrons. The Morgan fingerprint density at radius 2 is 2.04 bits per heavy atom. The number of carbonyl (C=O) groups is 1. The lowest BCUT2D eigenvalue weighted by atomic mass is 9.91. The molecule has 1 saturated carbocycles. The summed E-state index contributed by atoms with van der Waals surface area (Å²) in [7, 11) is 0. The van der Waals surface area contributed by atoms with E-state index < -0.39 is 23.3 Å². The largest absolute Gasteiger partial charge is 0.416 e. The number of likely N-dealkylation sites (tertiary alicyclic amines) is 1. The number of aromatic nitrogens is 3. The average molecular weight is 380 g/mol. The second-order valence-electron chi connectivity index (χ2n) is 7.32. The molecule has 1 amide bonds. The molecule has 9 heteroatoms. The highest BCUT2D eigenvalue weighted by molar-refractivity contribution is 5.92. The molecule has 1 saturated heterocycles. The molecule has 2 aliphatic rings. The topological polar surface area (TPSA) is 71.2 Å². The first-order chi connectivity index (χ1) is 12.7. The fourth-order valence-corrected chi connectivity index (χ4v) is 3.50. The first-order valence-electron chi connectivity index (χ1n) is 8.78. The molecule has 2 heterocycles. The zero-order chi connectivity index (χ0) is 19.4. The third-order valence-electron chi connectivity index (χ3n) is 5.38. The molecule has 1 unspecified atom stereocenters. The second kappa shape index (κ2) is 6.05. The minimum absolute atomic E-state index is 0.0359. The number of aliphatic hydroxyl groups is 1. The minimum atomic E-state index is -4.42. The summed E-state index contributed by atoms with van der Waals surface area (Å²) >= 11 is 0. The number of hydrogen-bond donors (Lipinski definition) is 1. The van der Waals surface area contributed by atoms with Gasteiger partial charge in [0.05, 0.1) is 29.3 Å². The number of nitrogens with zero attached hydrogens (tertiary/aromatic N) is 4. The van der Waals surface area contributed by atoms with Gasteiger partial charge >= 0.3 is 6.18 Å². The van der Waals surface area contributed by atoms with E-state index in [0.717, 1.165) is 12.1 Å². The zero-order valence-corrected chi connectivity index (χ0v) is 14.6. The molecule has 1 aromatic carbocycles. The number of rotatable bonds is 4. The van der Waals surface area contributed by atoms with E-state index in [0.29, 0.717) is 37.2 Å². The van der Waals surface area contributed by atoms with Crippen LogP contribution in [-0.4, -0.2) is 44.0 Å². The van der Waals surface area contributed by atoms with Gasteiger partial charge in [0.2, 0.25) is 5.91 Å². The Kier molecular flexibility index (Phi) is 4.03. The van der Waals surface area contributed by atoms with Crippen LogP contribution in [0.1, 0.15) is 48.7 Å². The van der Waals surface area contributed by atoms with Gasteiger partial charge in [-0.05, 0) is 31.4 Å². The van der Waals surface area contributed by atoms with Gasteiger partial charge in [-0.15, -0.1) is 5.10 Å². The van der Waals surface area contributed by atoms with Crippen molar-refractivity contribution in [3.05, 3.63) is 47.3 Å². The van der Waals surface area contributed by atoms with Gasteiger partial charge < -0.3 is 10.0 Å². The Morgan fingerprint density at radius 3 is 2.59 bits per heavy atom. The lowest BCUT2D eigenvalue weighted by Crippen LogP contribution is -2.54. The Hall–Kier alpha value is -2.42. The summed E-state index contributed by atoms with van der Waals surface area (Å²) in [6.07, 6.45) is -2.37. The molecule has 27 heavy (non-hydrogen) atoms. The molecule has 1 N–H and O–H groups in total. The Morgan fingerprint density at radius 1 is 1.33 bits per heavy atom. The molecule has 1 aliphatic heterocycles. The lowest BCUT2D eigenvalue weighted by molar-refractivity contribution is -0.141. The van der Waals surface area contributed by atoms with Crippen molar-refractivity contribution in [2.24, 2.45) is 0 Å². The van der Waals surface area contributed by atoms with Crippen molar-refractivity contribution in [1.29, 1.82) is 0 Å². The van der Waals surface area contributed by atoms with Gasteiger partial charge in [-0.1, -0.05) is 23.4 Å². The van der Waals surface area contributed by atoms with Crippen molar-refractivity contribution in [2.45, 2.75) is 43.5 Å². The van der Waals surface area contributed by atoms with E-state index >= 15 is 0 Å². The number of alkyl halides is 3. The maximum Gasteiger partial charge on any atom is 0.416 e. The molecular weight excluding hydrogens is 361 g/mol. The summed E-state index contributed by atoms with van der Waals surface area (Å²) in [6, 6.07) is 5.04. The van der Waals surface area contributed by atoms with Gasteiger partial charge in [-0.3, -0.25) is 4.79 Å². The minimum Gasteiger partial charge on any atom is -0.387 e. The molecule has 4 rings (SSSR count). The van der Waals surface area contributed by atoms with Crippen LogP contribution in [0.15, 0.2) is 30.5 Å². The van der Waals surface area contributed by atoms with Gasteiger partial charge in [0.25, 0.3) is 0 Å². The van der Waals surface area contributed by atoms with Crippen LogP contribution in [0.3, 0.4) is 0 Å². The Bertz CT molecular complexity index is 867. The van der Waals surface area contributed by atoms with Crippen molar-refractivity contribution in [3.63, 3.8) is 0 Å². The quantitative estimate of drug-likeness (QED) is 0.885. The molecule has 0 bridgehead atoms. The van der Waals surface area contributed by atoms with E-state index in [1.807, 2.05) is 0 Å². The molecule has 6 nitrogen and oxygen atoms in total. The fourth-order valence-electron chi connectivity index (χ4n) is 3.50. The van der Waals surface area contributed by atoms with Crippen LogP contribution in [0.25, 0.3) is 0 Å². The van der Waals surface area contributed by atoms with Crippen LogP contribution in [0, 0.1) is 0 Å². The van der Waals surface area contributed by atoms with Gasteiger partial charge in [-0.2, -0.15) is 13.2 Å². The van der Waals surface area contributed by atoms with Crippen LogP contribution in [0.2, 0.25) is 0 Å². The molecule has 2 aromatic rings. The average Bonchev–Trinajstić information content (AvgIpc) is 3.24. The first-order valence-corrected chi connectivity index (χ1v) is 8.78. The summed E-state index contributed by atoms with van der Waals surface area (Å²) in [5.74, 6) is -0.131. The Balaban J connectivity index is 1.46. The molecule has 1 aliphatic carbocycles. The van der Waals surface area contributed by atoms with Crippen LogP contribution in [0.5, 0.6) is 0 Å². The van der Waals surface area contributed by atoms with E-state index in [4.69, 9.17) is 0 Å². The first kappa shape index (κ1) is 18.0. The molecule has 2 fully saturated rings. The van der Waals surface area contributed by atoms with Crippen molar-refractivity contribution >= 4 is 5.91 Å². The number of amides is 1. The molecule has 1 atom stereocenters. The van der Waals surface area contributed by atoms with E-state index in [2.05, 4.69) is 10.3 Å². The van der Waals surface area contributed by atoms with E-state index in [1.165, 1.54) is 6.07 Å². The predicted molar refractivity (Wildman–Crippen MR) is 88.6 cm³/mol. The van der Waals surface area contributed by atoms with Crippen molar-refractivity contribution in [3.8, 4) is 0 Å². The fraction of sp³-hybridized carbons (Fsp3) is 0.500. The summed E-state index contributed by atoms with van der Waals surface area (Å²) in [5.41, 5.74) is -0.668. The van der Waals surface area contributed by atoms with Crippen LogP contribution >= 0.6 is 0 Å². The van der Waals surface area contributed by atoms with Gasteiger partial charge in [0, 0.05) is 13.1 Å². The van der Waals surface area contributed by atoms with Gasteiger partial charge in [0.1, 0.15) is 5.69 Å². The molecule has 0 spiro atoms. The SMILES string of the molecule is CC(O)c1cn(C2CN(C(=O)C3(c4cccc(C(F)(F)F)c4)CC3)C2)nn1. The van der Waals surface area contributed by atoms with E-state index in [-0.39, 0.29) is 11.9 Å². The van der Waals surface area contributed by atoms with Crippen LogP contribution in [-0.2, 0) is 16.4 Å². The molecule has 0 radical (unpaired) electrons. The van der Waals surface area contributed by atoms with Crippen LogP contribution in [0.4, 0.5) is 13.2 Å². The summed E-state index contributed by atoms with van der Waals surface area (Å²) in [4.78, 5) is 14.6.